The Morgan fingerprint density at radius 1 is 1.31 bits per heavy atom. The van der Waals surface area contributed by atoms with E-state index in [0.717, 1.165) is 18.7 Å². The second kappa shape index (κ2) is 7.23. The highest BCUT2D eigenvalue weighted by atomic mass is 16.2. The van der Waals surface area contributed by atoms with Gasteiger partial charge in [-0.3, -0.25) is 9.48 Å². The van der Waals surface area contributed by atoms with Crippen LogP contribution in [0.15, 0.2) is 42.7 Å². The zero-order chi connectivity index (χ0) is 18.1. The minimum atomic E-state index is -0.0101. The third-order valence-electron chi connectivity index (χ3n) is 5.96. The summed E-state index contributed by atoms with van der Waals surface area (Å²) in [5, 5.41) is 7.73. The fourth-order valence-corrected chi connectivity index (χ4v) is 4.17. The van der Waals surface area contributed by atoms with Gasteiger partial charge in [-0.05, 0) is 36.8 Å². The first kappa shape index (κ1) is 17.3. The summed E-state index contributed by atoms with van der Waals surface area (Å²) in [7, 11) is 1.93. The van der Waals surface area contributed by atoms with Crippen LogP contribution in [0.5, 0.6) is 0 Å². The maximum Gasteiger partial charge on any atom is 0.228 e. The molecule has 0 spiro atoms. The number of nitrogens with zero attached hydrogens (tertiary/aromatic N) is 3. The van der Waals surface area contributed by atoms with Crippen LogP contribution in [0, 0.1) is 11.8 Å². The topological polar surface area (TPSA) is 50.2 Å². The molecule has 0 bridgehead atoms. The molecule has 1 amide bonds. The number of carbonyl (C=O) groups excluding carboxylic acids is 1. The molecule has 2 aromatic rings. The molecule has 1 aliphatic carbocycles. The lowest BCUT2D eigenvalue weighted by molar-refractivity contribution is -0.138. The van der Waals surface area contributed by atoms with Crippen molar-refractivity contribution in [1.82, 2.24) is 20.0 Å². The molecule has 5 heteroatoms. The van der Waals surface area contributed by atoms with Gasteiger partial charge in [0.05, 0.1) is 12.1 Å². The first-order valence-electron chi connectivity index (χ1n) is 9.67. The molecule has 1 saturated carbocycles. The summed E-state index contributed by atoms with van der Waals surface area (Å²) in [6.07, 6.45) is 6.44. The molecule has 3 atom stereocenters. The summed E-state index contributed by atoms with van der Waals surface area (Å²) in [5.74, 6) is 1.14. The number of benzene rings is 1. The maximum absolute atomic E-state index is 13.6. The molecule has 1 N–H and O–H groups in total. The Hall–Kier alpha value is -2.14. The van der Waals surface area contributed by atoms with Crippen LogP contribution >= 0.6 is 0 Å². The second-order valence-corrected chi connectivity index (χ2v) is 7.85. The van der Waals surface area contributed by atoms with Gasteiger partial charge in [-0.1, -0.05) is 30.3 Å². The van der Waals surface area contributed by atoms with E-state index >= 15 is 0 Å². The minimum absolute atomic E-state index is 0.0101. The number of aryl methyl sites for hydroxylation is 1. The van der Waals surface area contributed by atoms with E-state index in [1.54, 1.807) is 0 Å². The van der Waals surface area contributed by atoms with Gasteiger partial charge in [0.2, 0.25) is 5.91 Å². The summed E-state index contributed by atoms with van der Waals surface area (Å²) in [5.41, 5.74) is 2.37. The van der Waals surface area contributed by atoms with Crippen LogP contribution in [-0.2, 0) is 18.4 Å². The lowest BCUT2D eigenvalue weighted by atomic mass is 9.89. The number of carbonyl (C=O) groups is 1. The van der Waals surface area contributed by atoms with Crippen molar-refractivity contribution in [3.05, 3.63) is 53.9 Å². The molecule has 1 aliphatic heterocycles. The Labute approximate surface area is 155 Å². The zero-order valence-electron chi connectivity index (χ0n) is 15.6. The van der Waals surface area contributed by atoms with Gasteiger partial charge in [0.15, 0.2) is 0 Å². The molecule has 1 aromatic carbocycles. The summed E-state index contributed by atoms with van der Waals surface area (Å²) in [4.78, 5) is 15.7. The average Bonchev–Trinajstić information content (AvgIpc) is 3.23. The number of hydrogen-bond donors (Lipinski definition) is 1. The molecular formula is C21H28N4O. The van der Waals surface area contributed by atoms with Crippen molar-refractivity contribution in [1.29, 1.82) is 0 Å². The summed E-state index contributed by atoms with van der Waals surface area (Å²) >= 11 is 0. The first-order chi connectivity index (χ1) is 12.6. The summed E-state index contributed by atoms with van der Waals surface area (Å²) in [6, 6.07) is 10.7. The van der Waals surface area contributed by atoms with E-state index in [9.17, 15) is 4.79 Å². The molecule has 1 aromatic heterocycles. The van der Waals surface area contributed by atoms with E-state index in [1.165, 1.54) is 18.4 Å². The highest BCUT2D eigenvalue weighted by Gasteiger charge is 2.41. The van der Waals surface area contributed by atoms with E-state index < -0.39 is 0 Å². The van der Waals surface area contributed by atoms with Gasteiger partial charge in [0.1, 0.15) is 0 Å². The average molecular weight is 352 g/mol. The Kier molecular flexibility index (Phi) is 4.81. The number of hydrogen-bond acceptors (Lipinski definition) is 3. The van der Waals surface area contributed by atoms with Gasteiger partial charge in [-0.25, -0.2) is 0 Å². The van der Waals surface area contributed by atoms with Crippen LogP contribution in [0.1, 0.15) is 36.8 Å². The molecule has 4 rings (SSSR count). The smallest absolute Gasteiger partial charge is 0.228 e. The SMILES string of the molecule is CC(C1CC1)N(Cc1ccccc1)C(=O)[C@H]1CNC[C@@H]1c1cnn(C)c1. The normalized spacial score (nSPS) is 23.8. The van der Waals surface area contributed by atoms with Gasteiger partial charge in [-0.15, -0.1) is 0 Å². The predicted molar refractivity (Wildman–Crippen MR) is 101 cm³/mol. The quantitative estimate of drug-likeness (QED) is 0.869. The molecule has 0 radical (unpaired) electrons. The molecule has 2 aliphatic rings. The number of nitrogens with one attached hydrogen (secondary N) is 1. The van der Waals surface area contributed by atoms with Crippen molar-refractivity contribution in [2.24, 2.45) is 18.9 Å². The van der Waals surface area contributed by atoms with Crippen LogP contribution in [0.3, 0.4) is 0 Å². The minimum Gasteiger partial charge on any atom is -0.335 e. The van der Waals surface area contributed by atoms with Crippen molar-refractivity contribution in [2.45, 2.75) is 38.3 Å². The van der Waals surface area contributed by atoms with Crippen LogP contribution in [-0.4, -0.2) is 39.7 Å². The Morgan fingerprint density at radius 3 is 2.73 bits per heavy atom. The first-order valence-corrected chi connectivity index (χ1v) is 9.67. The highest BCUT2D eigenvalue weighted by molar-refractivity contribution is 5.81. The van der Waals surface area contributed by atoms with Crippen molar-refractivity contribution < 1.29 is 4.79 Å². The molecule has 1 unspecified atom stereocenters. The highest BCUT2D eigenvalue weighted by Crippen LogP contribution is 2.38. The van der Waals surface area contributed by atoms with E-state index in [-0.39, 0.29) is 17.7 Å². The number of aromatic nitrogens is 2. The summed E-state index contributed by atoms with van der Waals surface area (Å²) < 4.78 is 1.82. The van der Waals surface area contributed by atoms with Crippen molar-refractivity contribution in [3.8, 4) is 0 Å². The van der Waals surface area contributed by atoms with E-state index in [0.29, 0.717) is 18.5 Å². The number of amides is 1. The van der Waals surface area contributed by atoms with E-state index in [1.807, 2.05) is 30.2 Å². The van der Waals surface area contributed by atoms with E-state index in [2.05, 4.69) is 46.5 Å². The van der Waals surface area contributed by atoms with Crippen molar-refractivity contribution in [2.75, 3.05) is 13.1 Å². The van der Waals surface area contributed by atoms with E-state index in [4.69, 9.17) is 0 Å². The molecule has 2 fully saturated rings. The third kappa shape index (κ3) is 3.54. The van der Waals surface area contributed by atoms with Crippen LogP contribution < -0.4 is 5.32 Å². The summed E-state index contributed by atoms with van der Waals surface area (Å²) in [6.45, 7) is 4.52. The molecule has 138 valence electrons. The van der Waals surface area contributed by atoms with Crippen LogP contribution in [0.2, 0.25) is 0 Å². The standard InChI is InChI=1S/C21H28N4O/c1-15(17-8-9-17)25(13-16-6-4-3-5-7-16)21(26)20-12-22-11-19(20)18-10-23-24(2)14-18/h3-7,10,14-15,17,19-20,22H,8-9,11-13H2,1-2H3/t15?,19-,20+/m1/s1. The van der Waals surface area contributed by atoms with Gasteiger partial charge >= 0.3 is 0 Å². The van der Waals surface area contributed by atoms with Crippen molar-refractivity contribution >= 4 is 5.91 Å². The fraction of sp³-hybridized carbons (Fsp3) is 0.524. The molecule has 5 nitrogen and oxygen atoms in total. The Morgan fingerprint density at radius 2 is 2.08 bits per heavy atom. The van der Waals surface area contributed by atoms with Crippen molar-refractivity contribution in [3.63, 3.8) is 0 Å². The van der Waals surface area contributed by atoms with Crippen LogP contribution in [0.25, 0.3) is 0 Å². The Balaban J connectivity index is 1.56. The molecular weight excluding hydrogens is 324 g/mol. The predicted octanol–water partition coefficient (Wildman–Crippen LogP) is 2.55. The third-order valence-corrected chi connectivity index (χ3v) is 5.96. The van der Waals surface area contributed by atoms with Gasteiger partial charge < -0.3 is 10.2 Å². The monoisotopic (exact) mass is 352 g/mol. The number of rotatable bonds is 6. The van der Waals surface area contributed by atoms with Gasteiger partial charge in [0.25, 0.3) is 0 Å². The second-order valence-electron chi connectivity index (χ2n) is 7.85. The lowest BCUT2D eigenvalue weighted by Gasteiger charge is -2.33. The zero-order valence-corrected chi connectivity index (χ0v) is 15.6. The van der Waals surface area contributed by atoms with Crippen LogP contribution in [0.4, 0.5) is 0 Å². The fourth-order valence-electron chi connectivity index (χ4n) is 4.17. The lowest BCUT2D eigenvalue weighted by Crippen LogP contribution is -2.44. The molecule has 2 heterocycles. The molecule has 26 heavy (non-hydrogen) atoms. The largest absolute Gasteiger partial charge is 0.335 e. The van der Waals surface area contributed by atoms with Gasteiger partial charge in [0, 0.05) is 44.8 Å². The van der Waals surface area contributed by atoms with Gasteiger partial charge in [-0.2, -0.15) is 5.10 Å². The maximum atomic E-state index is 13.6. The molecule has 1 saturated heterocycles. The Bertz CT molecular complexity index is 752.